The van der Waals surface area contributed by atoms with Gasteiger partial charge in [0.05, 0.1) is 19.4 Å². The van der Waals surface area contributed by atoms with Gasteiger partial charge in [0.2, 0.25) is 0 Å². The number of piperidine rings is 1. The summed E-state index contributed by atoms with van der Waals surface area (Å²) in [6.45, 7) is 7.16. The minimum Gasteiger partial charge on any atom is -0.464 e. The number of likely N-dealkylation sites (tertiary alicyclic amines) is 1. The van der Waals surface area contributed by atoms with Gasteiger partial charge in [-0.1, -0.05) is 6.07 Å². The summed E-state index contributed by atoms with van der Waals surface area (Å²) in [6.07, 6.45) is -0.410. The number of furan rings is 1. The van der Waals surface area contributed by atoms with Gasteiger partial charge in [0.1, 0.15) is 17.4 Å². The van der Waals surface area contributed by atoms with Crippen molar-refractivity contribution in [3.8, 4) is 0 Å². The average molecular weight is 374 g/mol. The lowest BCUT2D eigenvalue weighted by molar-refractivity contribution is 0.0595. The molecule has 2 aromatic rings. The standard InChI is InChI=1S/C20H23FN2O4/c1-12-11-26-17-7-13(5-6-16(12)17)18(24)23-9-14(21)8-15(10-23)22-19(25)27-20(2,3)4/h5-7,11,14H,8-10H2,1-4H3/b22-15-/t14-/m1/s1. The third-order valence-electron chi connectivity index (χ3n) is 4.20. The molecule has 144 valence electrons. The molecule has 1 atom stereocenters. The molecule has 1 aliphatic rings. The van der Waals surface area contributed by atoms with Crippen molar-refractivity contribution in [2.45, 2.75) is 45.9 Å². The number of amides is 2. The number of rotatable bonds is 1. The van der Waals surface area contributed by atoms with Crippen LogP contribution in [0.25, 0.3) is 11.0 Å². The van der Waals surface area contributed by atoms with E-state index in [4.69, 9.17) is 9.15 Å². The van der Waals surface area contributed by atoms with E-state index in [0.717, 1.165) is 10.9 Å². The Labute approximate surface area is 157 Å². The minimum absolute atomic E-state index is 0.0133. The highest BCUT2D eigenvalue weighted by Crippen LogP contribution is 2.23. The zero-order chi connectivity index (χ0) is 19.8. The smallest absolute Gasteiger partial charge is 0.434 e. The Hall–Kier alpha value is -2.70. The number of carbonyl (C=O) groups is 2. The van der Waals surface area contributed by atoms with Crippen LogP contribution >= 0.6 is 0 Å². The topological polar surface area (TPSA) is 72.1 Å². The SMILES string of the molecule is Cc1coc2cc(C(=O)N3C/C(=N\C(=O)OC(C)(C)C)C[C@@H](F)C3)ccc12. The van der Waals surface area contributed by atoms with E-state index < -0.39 is 17.9 Å². The Balaban J connectivity index is 1.78. The van der Waals surface area contributed by atoms with E-state index in [1.54, 1.807) is 39.2 Å². The van der Waals surface area contributed by atoms with Crippen LogP contribution in [0, 0.1) is 6.92 Å². The van der Waals surface area contributed by atoms with Crippen molar-refractivity contribution < 1.29 is 23.1 Å². The summed E-state index contributed by atoms with van der Waals surface area (Å²) in [5.74, 6) is -0.329. The van der Waals surface area contributed by atoms with Gasteiger partial charge >= 0.3 is 6.09 Å². The number of alkyl halides is 1. The fourth-order valence-corrected chi connectivity index (χ4v) is 3.03. The summed E-state index contributed by atoms with van der Waals surface area (Å²) in [7, 11) is 0. The van der Waals surface area contributed by atoms with Gasteiger partial charge in [0.25, 0.3) is 5.91 Å². The molecule has 1 aromatic carbocycles. The molecule has 1 fully saturated rings. The van der Waals surface area contributed by atoms with Gasteiger partial charge in [0.15, 0.2) is 0 Å². The summed E-state index contributed by atoms with van der Waals surface area (Å²) in [6, 6.07) is 5.16. The molecule has 0 aliphatic carbocycles. The third kappa shape index (κ3) is 4.53. The van der Waals surface area contributed by atoms with Crippen LogP contribution in [0.5, 0.6) is 0 Å². The highest BCUT2D eigenvalue weighted by Gasteiger charge is 2.29. The van der Waals surface area contributed by atoms with Gasteiger partial charge in [-0.15, -0.1) is 0 Å². The van der Waals surface area contributed by atoms with Crippen molar-refractivity contribution in [2.75, 3.05) is 13.1 Å². The van der Waals surface area contributed by atoms with Crippen molar-refractivity contribution in [1.29, 1.82) is 0 Å². The highest BCUT2D eigenvalue weighted by molar-refractivity contribution is 6.02. The molecule has 0 radical (unpaired) electrons. The second-order valence-electron chi connectivity index (χ2n) is 7.78. The number of hydrogen-bond donors (Lipinski definition) is 0. The van der Waals surface area contributed by atoms with Crippen LogP contribution in [0.15, 0.2) is 33.9 Å². The normalized spacial score (nSPS) is 19.5. The molecule has 0 bridgehead atoms. The van der Waals surface area contributed by atoms with E-state index in [0.29, 0.717) is 16.9 Å². The number of fused-ring (bicyclic) bond motifs is 1. The molecular formula is C20H23FN2O4. The van der Waals surface area contributed by atoms with Gasteiger partial charge in [-0.05, 0) is 45.4 Å². The first-order valence-corrected chi connectivity index (χ1v) is 8.83. The molecule has 27 heavy (non-hydrogen) atoms. The molecule has 2 amide bonds. The largest absolute Gasteiger partial charge is 0.464 e. The van der Waals surface area contributed by atoms with Crippen molar-refractivity contribution in [2.24, 2.45) is 4.99 Å². The van der Waals surface area contributed by atoms with E-state index in [1.165, 1.54) is 4.90 Å². The van der Waals surface area contributed by atoms with Gasteiger partial charge < -0.3 is 14.1 Å². The van der Waals surface area contributed by atoms with E-state index in [1.807, 2.05) is 13.0 Å². The van der Waals surface area contributed by atoms with Crippen LogP contribution in [0.3, 0.4) is 0 Å². The van der Waals surface area contributed by atoms with Crippen LogP contribution in [0.1, 0.15) is 43.1 Å². The predicted octanol–water partition coefficient (Wildman–Crippen LogP) is 4.30. The number of hydrogen-bond acceptors (Lipinski definition) is 4. The maximum Gasteiger partial charge on any atom is 0.434 e. The Morgan fingerprint density at radius 2 is 2.07 bits per heavy atom. The average Bonchev–Trinajstić information content (AvgIpc) is 2.92. The van der Waals surface area contributed by atoms with Crippen molar-refractivity contribution >= 4 is 28.7 Å². The maximum absolute atomic E-state index is 14.2. The Bertz CT molecular complexity index is 910. The molecule has 2 heterocycles. The van der Waals surface area contributed by atoms with Crippen molar-refractivity contribution in [1.82, 2.24) is 4.90 Å². The lowest BCUT2D eigenvalue weighted by atomic mass is 10.0. The highest BCUT2D eigenvalue weighted by atomic mass is 19.1. The van der Waals surface area contributed by atoms with Gasteiger partial charge in [0, 0.05) is 23.1 Å². The number of aliphatic imine (C=N–C) groups is 1. The molecule has 1 aromatic heterocycles. The number of halogens is 1. The molecule has 0 saturated carbocycles. The van der Waals surface area contributed by atoms with Crippen LogP contribution < -0.4 is 0 Å². The minimum atomic E-state index is -1.28. The quantitative estimate of drug-likeness (QED) is 0.746. The number of carbonyl (C=O) groups excluding carboxylic acids is 2. The van der Waals surface area contributed by atoms with Gasteiger partial charge in [-0.2, -0.15) is 4.99 Å². The zero-order valence-corrected chi connectivity index (χ0v) is 15.9. The third-order valence-corrected chi connectivity index (χ3v) is 4.20. The predicted molar refractivity (Wildman–Crippen MR) is 100 cm³/mol. The number of nitrogens with zero attached hydrogens (tertiary/aromatic N) is 2. The van der Waals surface area contributed by atoms with E-state index in [2.05, 4.69) is 4.99 Å². The van der Waals surface area contributed by atoms with Crippen LogP contribution in [0.2, 0.25) is 0 Å². The van der Waals surface area contributed by atoms with Crippen molar-refractivity contribution in [3.63, 3.8) is 0 Å². The first-order chi connectivity index (χ1) is 12.6. The lowest BCUT2D eigenvalue weighted by Crippen LogP contribution is -2.45. The summed E-state index contributed by atoms with van der Waals surface area (Å²) >= 11 is 0. The summed E-state index contributed by atoms with van der Waals surface area (Å²) < 4.78 is 24.7. The monoisotopic (exact) mass is 374 g/mol. The molecule has 1 aliphatic heterocycles. The molecule has 0 unspecified atom stereocenters. The molecule has 1 saturated heterocycles. The maximum atomic E-state index is 14.2. The molecule has 7 heteroatoms. The first kappa shape index (κ1) is 19.1. The summed E-state index contributed by atoms with van der Waals surface area (Å²) in [5, 5.41) is 0.931. The fraction of sp³-hybridized carbons (Fsp3) is 0.450. The lowest BCUT2D eigenvalue weighted by Gasteiger charge is -2.30. The molecule has 0 spiro atoms. The van der Waals surface area contributed by atoms with E-state index in [9.17, 15) is 14.0 Å². The van der Waals surface area contributed by atoms with Crippen molar-refractivity contribution in [3.05, 3.63) is 35.6 Å². The second-order valence-corrected chi connectivity index (χ2v) is 7.78. The number of benzene rings is 1. The molecule has 3 rings (SSSR count). The second kappa shape index (κ2) is 7.13. The number of ether oxygens (including phenoxy) is 1. The fourth-order valence-electron chi connectivity index (χ4n) is 3.03. The van der Waals surface area contributed by atoms with E-state index in [-0.39, 0.29) is 25.4 Å². The van der Waals surface area contributed by atoms with E-state index >= 15 is 0 Å². The van der Waals surface area contributed by atoms with Crippen LogP contribution in [0.4, 0.5) is 9.18 Å². The Kier molecular flexibility index (Phi) is 5.04. The molecular weight excluding hydrogens is 351 g/mol. The zero-order valence-electron chi connectivity index (χ0n) is 15.9. The summed E-state index contributed by atoms with van der Waals surface area (Å²) in [4.78, 5) is 29.9. The summed E-state index contributed by atoms with van der Waals surface area (Å²) in [5.41, 5.74) is 1.61. The van der Waals surface area contributed by atoms with Crippen LogP contribution in [-0.2, 0) is 4.74 Å². The van der Waals surface area contributed by atoms with Gasteiger partial charge in [-0.25, -0.2) is 9.18 Å². The number of aryl methyl sites for hydroxylation is 1. The Morgan fingerprint density at radius 1 is 1.33 bits per heavy atom. The Morgan fingerprint density at radius 3 is 2.78 bits per heavy atom. The first-order valence-electron chi connectivity index (χ1n) is 8.83. The molecule has 6 nitrogen and oxygen atoms in total. The van der Waals surface area contributed by atoms with Gasteiger partial charge in [-0.3, -0.25) is 4.79 Å². The van der Waals surface area contributed by atoms with Crippen LogP contribution in [-0.4, -0.2) is 47.5 Å². The molecule has 0 N–H and O–H groups in total.